The molecule has 0 saturated heterocycles. The van der Waals surface area contributed by atoms with E-state index in [4.69, 9.17) is 8.94 Å². The molecule has 124 valence electrons. The van der Waals surface area contributed by atoms with Gasteiger partial charge in [0.1, 0.15) is 6.42 Å². The number of aromatic nitrogens is 5. The van der Waals surface area contributed by atoms with E-state index in [1.807, 2.05) is 30.3 Å². The Morgan fingerprint density at radius 2 is 1.72 bits per heavy atom. The third-order valence-corrected chi connectivity index (χ3v) is 3.93. The fourth-order valence-corrected chi connectivity index (χ4v) is 2.39. The maximum atomic E-state index is 5.72. The van der Waals surface area contributed by atoms with Gasteiger partial charge in [0.25, 0.3) is 0 Å². The third-order valence-electron chi connectivity index (χ3n) is 3.93. The molecule has 0 amide bonds. The second-order valence-electron chi connectivity index (χ2n) is 5.72. The van der Waals surface area contributed by atoms with Gasteiger partial charge in [-0.1, -0.05) is 11.2 Å². The molecule has 0 spiro atoms. The molecule has 3 aromatic heterocycles. The van der Waals surface area contributed by atoms with E-state index in [1.54, 1.807) is 12.4 Å². The van der Waals surface area contributed by atoms with E-state index in [-0.39, 0.29) is 6.42 Å². The molecular weight excluding hydrogens is 318 g/mol. The van der Waals surface area contributed by atoms with Crippen molar-refractivity contribution in [1.29, 1.82) is 0 Å². The lowest BCUT2D eigenvalue weighted by Gasteiger charge is -2.00. The van der Waals surface area contributed by atoms with E-state index < -0.39 is 0 Å². The molecule has 0 unspecified atom stereocenters. The van der Waals surface area contributed by atoms with Crippen LogP contribution < -0.4 is 0 Å². The van der Waals surface area contributed by atoms with Gasteiger partial charge in [-0.3, -0.25) is 4.98 Å². The van der Waals surface area contributed by atoms with Gasteiger partial charge in [0.05, 0.1) is 0 Å². The van der Waals surface area contributed by atoms with Gasteiger partial charge in [0, 0.05) is 23.5 Å². The van der Waals surface area contributed by atoms with Crippen LogP contribution in [-0.4, -0.2) is 25.3 Å². The molecule has 0 atom stereocenters. The van der Waals surface area contributed by atoms with Crippen LogP contribution in [-0.2, 0) is 6.42 Å². The molecule has 0 aliphatic heterocycles. The molecule has 0 fully saturated rings. The number of rotatable bonds is 4. The summed E-state index contributed by atoms with van der Waals surface area (Å²) in [4.78, 5) is 8.32. The van der Waals surface area contributed by atoms with E-state index >= 15 is 0 Å². The van der Waals surface area contributed by atoms with Gasteiger partial charge in [-0.05, 0) is 49.2 Å². The Labute approximate surface area is 143 Å². The zero-order valence-electron chi connectivity index (χ0n) is 13.8. The van der Waals surface area contributed by atoms with Crippen LogP contribution in [0.25, 0.3) is 22.8 Å². The first-order valence-electron chi connectivity index (χ1n) is 7.82. The average molecular weight is 333 g/mol. The summed E-state index contributed by atoms with van der Waals surface area (Å²) in [6.45, 7) is 4.11. The van der Waals surface area contributed by atoms with E-state index in [2.05, 4.69) is 39.2 Å². The first-order chi connectivity index (χ1) is 12.2. The van der Waals surface area contributed by atoms with Crippen molar-refractivity contribution in [2.75, 3.05) is 0 Å². The number of hydrogen-bond acceptors (Lipinski definition) is 7. The Balaban J connectivity index is 1.53. The van der Waals surface area contributed by atoms with Crippen molar-refractivity contribution in [3.8, 4) is 22.8 Å². The second kappa shape index (κ2) is 6.27. The van der Waals surface area contributed by atoms with Gasteiger partial charge in [-0.2, -0.15) is 4.98 Å². The van der Waals surface area contributed by atoms with Crippen molar-refractivity contribution < 1.29 is 8.94 Å². The Kier molecular flexibility index (Phi) is 3.81. The highest BCUT2D eigenvalue weighted by Gasteiger charge is 2.14. The molecule has 0 bridgehead atoms. The molecule has 4 rings (SSSR count). The number of pyridine rings is 1. The summed E-state index contributed by atoms with van der Waals surface area (Å²) in [7, 11) is 0. The molecule has 25 heavy (non-hydrogen) atoms. The minimum Gasteiger partial charge on any atom is -0.420 e. The first kappa shape index (κ1) is 15.2. The molecule has 1 aromatic carbocycles. The molecule has 0 N–H and O–H groups in total. The minimum absolute atomic E-state index is 0.288. The molecule has 7 heteroatoms. The van der Waals surface area contributed by atoms with Crippen LogP contribution in [0.2, 0.25) is 0 Å². The van der Waals surface area contributed by atoms with Crippen LogP contribution in [0, 0.1) is 13.8 Å². The van der Waals surface area contributed by atoms with E-state index in [9.17, 15) is 0 Å². The average Bonchev–Trinajstić information content (AvgIpc) is 3.28. The molecule has 7 nitrogen and oxygen atoms in total. The summed E-state index contributed by atoms with van der Waals surface area (Å²) in [5.41, 5.74) is 4.13. The normalized spacial score (nSPS) is 11.0. The molecule has 0 radical (unpaired) electrons. The van der Waals surface area contributed by atoms with Crippen LogP contribution in [0.15, 0.2) is 51.7 Å². The minimum atomic E-state index is 0.288. The summed E-state index contributed by atoms with van der Waals surface area (Å²) < 4.78 is 11.0. The van der Waals surface area contributed by atoms with Gasteiger partial charge in [-0.15, -0.1) is 10.2 Å². The zero-order chi connectivity index (χ0) is 17.2. The first-order valence-corrected chi connectivity index (χ1v) is 7.82. The highest BCUT2D eigenvalue weighted by molar-refractivity contribution is 5.55. The third kappa shape index (κ3) is 3.16. The molecule has 4 aromatic rings. The van der Waals surface area contributed by atoms with Crippen LogP contribution >= 0.6 is 0 Å². The van der Waals surface area contributed by atoms with E-state index in [0.717, 1.165) is 11.1 Å². The maximum Gasteiger partial charge on any atom is 0.247 e. The number of benzene rings is 1. The monoisotopic (exact) mass is 333 g/mol. The van der Waals surface area contributed by atoms with E-state index in [1.165, 1.54) is 11.1 Å². The quantitative estimate of drug-likeness (QED) is 0.565. The Morgan fingerprint density at radius 1 is 0.880 bits per heavy atom. The lowest BCUT2D eigenvalue weighted by molar-refractivity contribution is 0.374. The Bertz CT molecular complexity index is 1010. The van der Waals surface area contributed by atoms with Gasteiger partial charge < -0.3 is 8.94 Å². The summed E-state index contributed by atoms with van der Waals surface area (Å²) >= 11 is 0. The highest BCUT2D eigenvalue weighted by Crippen LogP contribution is 2.22. The fourth-order valence-electron chi connectivity index (χ4n) is 2.39. The SMILES string of the molecule is Cc1ccc(-c2nnc(Cc3nc(-c4ccncc4)no3)o2)cc1C. The lowest BCUT2D eigenvalue weighted by Crippen LogP contribution is -1.89. The van der Waals surface area contributed by atoms with Crippen molar-refractivity contribution in [3.63, 3.8) is 0 Å². The summed E-state index contributed by atoms with van der Waals surface area (Å²) in [6.07, 6.45) is 3.65. The van der Waals surface area contributed by atoms with Crippen LogP contribution in [0.5, 0.6) is 0 Å². The highest BCUT2D eigenvalue weighted by atomic mass is 16.5. The Hall–Kier alpha value is -3.35. The van der Waals surface area contributed by atoms with Gasteiger partial charge in [0.2, 0.25) is 23.5 Å². The lowest BCUT2D eigenvalue weighted by atomic mass is 10.1. The van der Waals surface area contributed by atoms with Crippen molar-refractivity contribution >= 4 is 0 Å². The van der Waals surface area contributed by atoms with E-state index in [0.29, 0.717) is 23.5 Å². The topological polar surface area (TPSA) is 90.7 Å². The predicted molar refractivity (Wildman–Crippen MR) is 89.5 cm³/mol. The van der Waals surface area contributed by atoms with Gasteiger partial charge in [-0.25, -0.2) is 0 Å². The van der Waals surface area contributed by atoms with Crippen LogP contribution in [0.4, 0.5) is 0 Å². The van der Waals surface area contributed by atoms with Crippen LogP contribution in [0.1, 0.15) is 22.9 Å². The molecule has 0 aliphatic carbocycles. The number of nitrogens with zero attached hydrogens (tertiary/aromatic N) is 5. The van der Waals surface area contributed by atoms with Crippen molar-refractivity contribution in [2.24, 2.45) is 0 Å². The van der Waals surface area contributed by atoms with Crippen LogP contribution in [0.3, 0.4) is 0 Å². The number of aryl methyl sites for hydroxylation is 2. The molecule has 3 heterocycles. The summed E-state index contributed by atoms with van der Waals surface area (Å²) in [6, 6.07) is 9.67. The van der Waals surface area contributed by atoms with Gasteiger partial charge >= 0.3 is 0 Å². The van der Waals surface area contributed by atoms with Gasteiger partial charge in [0.15, 0.2) is 0 Å². The standard InChI is InChI=1S/C18H15N5O2/c1-11-3-4-14(9-12(11)2)18-22-21-16(24-18)10-15-20-17(23-25-15)13-5-7-19-8-6-13/h3-9H,10H2,1-2H3. The summed E-state index contributed by atoms with van der Waals surface area (Å²) in [5.74, 6) is 1.83. The molecule has 0 aliphatic rings. The second-order valence-corrected chi connectivity index (χ2v) is 5.72. The smallest absolute Gasteiger partial charge is 0.247 e. The van der Waals surface area contributed by atoms with Crippen molar-refractivity contribution in [3.05, 3.63) is 65.6 Å². The maximum absolute atomic E-state index is 5.72. The predicted octanol–water partition coefficient (Wildman–Crippen LogP) is 3.39. The zero-order valence-corrected chi connectivity index (χ0v) is 13.8. The fraction of sp³-hybridized carbons (Fsp3) is 0.167. The summed E-state index contributed by atoms with van der Waals surface area (Å²) in [5, 5.41) is 12.1. The Morgan fingerprint density at radius 3 is 2.52 bits per heavy atom. The van der Waals surface area contributed by atoms with Crippen molar-refractivity contribution in [2.45, 2.75) is 20.3 Å². The molecular formula is C18H15N5O2. The largest absolute Gasteiger partial charge is 0.420 e. The number of hydrogen-bond donors (Lipinski definition) is 0. The molecule has 0 saturated carbocycles. The van der Waals surface area contributed by atoms with Crippen molar-refractivity contribution in [1.82, 2.24) is 25.3 Å².